The Bertz CT molecular complexity index is 1460. The van der Waals surface area contributed by atoms with Crippen LogP contribution in [0.2, 0.25) is 10.0 Å². The van der Waals surface area contributed by atoms with Gasteiger partial charge in [0.05, 0.1) is 34.4 Å². The third-order valence-electron chi connectivity index (χ3n) is 5.09. The molecule has 0 N–H and O–H groups in total. The zero-order chi connectivity index (χ0) is 23.9. The van der Waals surface area contributed by atoms with E-state index >= 15 is 0 Å². The molecule has 0 aliphatic rings. The van der Waals surface area contributed by atoms with Crippen molar-refractivity contribution in [3.8, 4) is 34.0 Å². The lowest BCUT2D eigenvalue weighted by atomic mass is 10.0. The third kappa shape index (κ3) is 4.15. The van der Waals surface area contributed by atoms with Crippen LogP contribution < -0.4 is 0 Å². The minimum atomic E-state index is -4.45. The number of nitrogens with zero attached hydrogens (tertiary/aromatic N) is 6. The first-order valence-corrected chi connectivity index (χ1v) is 10.6. The summed E-state index contributed by atoms with van der Waals surface area (Å²) in [7, 11) is 0. The SMILES string of the molecule is FC(F)(F)c1ccc(-c2c(-c3nnnn3-c3ccc(Cl)cc3)cnn2-c2cccc(Cl)c2)cc1. The lowest BCUT2D eigenvalue weighted by Crippen LogP contribution is -2.05. The lowest BCUT2D eigenvalue weighted by molar-refractivity contribution is -0.137. The van der Waals surface area contributed by atoms with Crippen LogP contribution in [0, 0.1) is 0 Å². The summed E-state index contributed by atoms with van der Waals surface area (Å²) < 4.78 is 42.5. The number of alkyl halides is 3. The lowest BCUT2D eigenvalue weighted by Gasteiger charge is -2.12. The van der Waals surface area contributed by atoms with Gasteiger partial charge in [-0.3, -0.25) is 0 Å². The normalized spacial score (nSPS) is 11.7. The first-order chi connectivity index (χ1) is 16.3. The minimum Gasteiger partial charge on any atom is -0.232 e. The second-order valence-electron chi connectivity index (χ2n) is 7.26. The van der Waals surface area contributed by atoms with Gasteiger partial charge in [0.2, 0.25) is 0 Å². The highest BCUT2D eigenvalue weighted by Crippen LogP contribution is 2.36. The van der Waals surface area contributed by atoms with Gasteiger partial charge >= 0.3 is 6.18 Å². The molecule has 0 atom stereocenters. The Labute approximate surface area is 201 Å². The van der Waals surface area contributed by atoms with Gasteiger partial charge in [0.25, 0.3) is 0 Å². The Morgan fingerprint density at radius 2 is 1.50 bits per heavy atom. The van der Waals surface area contributed by atoms with Gasteiger partial charge in [0.1, 0.15) is 0 Å². The van der Waals surface area contributed by atoms with E-state index in [2.05, 4.69) is 20.6 Å². The van der Waals surface area contributed by atoms with Crippen molar-refractivity contribution in [1.29, 1.82) is 0 Å². The van der Waals surface area contributed by atoms with Crippen molar-refractivity contribution < 1.29 is 13.2 Å². The van der Waals surface area contributed by atoms with Crippen molar-refractivity contribution in [2.75, 3.05) is 0 Å². The van der Waals surface area contributed by atoms with E-state index in [-0.39, 0.29) is 0 Å². The topological polar surface area (TPSA) is 61.4 Å². The third-order valence-corrected chi connectivity index (χ3v) is 5.58. The van der Waals surface area contributed by atoms with Crippen molar-refractivity contribution in [3.05, 3.63) is 94.6 Å². The average molecular weight is 501 g/mol. The van der Waals surface area contributed by atoms with Gasteiger partial charge in [-0.25, -0.2) is 4.68 Å². The maximum Gasteiger partial charge on any atom is 0.416 e. The van der Waals surface area contributed by atoms with Crippen LogP contribution in [-0.2, 0) is 6.18 Å². The fourth-order valence-electron chi connectivity index (χ4n) is 3.52. The van der Waals surface area contributed by atoms with Crippen LogP contribution in [0.4, 0.5) is 13.2 Å². The molecule has 0 aliphatic carbocycles. The molecular formula is C23H13Cl2F3N6. The first kappa shape index (κ1) is 22.1. The number of tetrazole rings is 1. The Hall–Kier alpha value is -3.69. The van der Waals surface area contributed by atoms with Crippen LogP contribution in [0.1, 0.15) is 5.56 Å². The summed E-state index contributed by atoms with van der Waals surface area (Å²) in [4.78, 5) is 0. The summed E-state index contributed by atoms with van der Waals surface area (Å²) in [5.41, 5.74) is 2.03. The van der Waals surface area contributed by atoms with E-state index in [9.17, 15) is 13.2 Å². The highest BCUT2D eigenvalue weighted by Gasteiger charge is 2.30. The predicted octanol–water partition coefficient (Wildman–Crippen LogP) is 6.51. The Balaban J connectivity index is 1.71. The summed E-state index contributed by atoms with van der Waals surface area (Å²) in [6, 6.07) is 18.7. The molecule has 0 saturated carbocycles. The van der Waals surface area contributed by atoms with Crippen molar-refractivity contribution in [2.45, 2.75) is 6.18 Å². The van der Waals surface area contributed by atoms with Gasteiger partial charge < -0.3 is 0 Å². The molecule has 0 amide bonds. The highest BCUT2D eigenvalue weighted by atomic mass is 35.5. The van der Waals surface area contributed by atoms with Gasteiger partial charge in [-0.15, -0.1) is 5.10 Å². The first-order valence-electron chi connectivity index (χ1n) is 9.87. The zero-order valence-electron chi connectivity index (χ0n) is 17.1. The smallest absolute Gasteiger partial charge is 0.232 e. The summed E-state index contributed by atoms with van der Waals surface area (Å²) in [6.07, 6.45) is -2.89. The van der Waals surface area contributed by atoms with Crippen LogP contribution in [0.25, 0.3) is 34.0 Å². The van der Waals surface area contributed by atoms with Crippen LogP contribution in [-0.4, -0.2) is 30.0 Å². The summed E-state index contributed by atoms with van der Waals surface area (Å²) in [5, 5.41) is 17.6. The summed E-state index contributed by atoms with van der Waals surface area (Å²) in [5.74, 6) is 0.352. The molecule has 2 aromatic heterocycles. The molecule has 5 rings (SSSR count). The van der Waals surface area contributed by atoms with Gasteiger partial charge in [-0.2, -0.15) is 23.0 Å². The quantitative estimate of drug-likeness (QED) is 0.282. The van der Waals surface area contributed by atoms with Crippen LogP contribution in [0.3, 0.4) is 0 Å². The van der Waals surface area contributed by atoms with Crippen LogP contribution in [0.15, 0.2) is 79.0 Å². The van der Waals surface area contributed by atoms with E-state index in [0.717, 1.165) is 12.1 Å². The molecule has 11 heteroatoms. The van der Waals surface area contributed by atoms with Crippen LogP contribution >= 0.6 is 23.2 Å². The Morgan fingerprint density at radius 3 is 2.18 bits per heavy atom. The van der Waals surface area contributed by atoms with E-state index < -0.39 is 11.7 Å². The number of rotatable bonds is 4. The van der Waals surface area contributed by atoms with E-state index in [1.54, 1.807) is 59.4 Å². The Kier molecular flexibility index (Phi) is 5.59. The molecule has 34 heavy (non-hydrogen) atoms. The predicted molar refractivity (Wildman–Crippen MR) is 122 cm³/mol. The molecule has 6 nitrogen and oxygen atoms in total. The highest BCUT2D eigenvalue weighted by molar-refractivity contribution is 6.31. The summed E-state index contributed by atoms with van der Waals surface area (Å²) in [6.45, 7) is 0. The molecule has 2 heterocycles. The second kappa shape index (κ2) is 8.58. The largest absolute Gasteiger partial charge is 0.416 e. The molecule has 0 aliphatic heterocycles. The number of hydrogen-bond donors (Lipinski definition) is 0. The molecule has 5 aromatic rings. The molecule has 3 aromatic carbocycles. The number of benzene rings is 3. The molecule has 0 bridgehead atoms. The molecule has 170 valence electrons. The average Bonchev–Trinajstić information content (AvgIpc) is 3.46. The fraction of sp³-hybridized carbons (Fsp3) is 0.0435. The van der Waals surface area contributed by atoms with Gasteiger partial charge in [-0.1, -0.05) is 41.4 Å². The maximum atomic E-state index is 13.2. The standard InChI is InChI=1S/C23H13Cl2F3N6/c24-16-8-10-18(11-9-16)34-22(30-31-32-34)20-13-29-33(19-3-1-2-17(25)12-19)21(20)14-4-6-15(7-5-14)23(26,27)28/h1-13H. The molecule has 0 radical (unpaired) electrons. The van der Waals surface area contributed by atoms with Crippen LogP contribution in [0.5, 0.6) is 0 Å². The molecule has 0 fully saturated rings. The molecule has 0 unspecified atom stereocenters. The van der Waals surface area contributed by atoms with Gasteiger partial charge in [-0.05, 0) is 65.0 Å². The van der Waals surface area contributed by atoms with Crippen molar-refractivity contribution in [1.82, 2.24) is 30.0 Å². The van der Waals surface area contributed by atoms with Crippen molar-refractivity contribution >= 4 is 23.2 Å². The van der Waals surface area contributed by atoms with E-state index in [1.165, 1.54) is 16.8 Å². The maximum absolute atomic E-state index is 13.2. The number of hydrogen-bond acceptors (Lipinski definition) is 4. The van der Waals surface area contributed by atoms with E-state index in [4.69, 9.17) is 23.2 Å². The molecule has 0 saturated heterocycles. The second-order valence-corrected chi connectivity index (χ2v) is 8.14. The Morgan fingerprint density at radius 1 is 0.765 bits per heavy atom. The van der Waals surface area contributed by atoms with Gasteiger partial charge in [0, 0.05) is 15.6 Å². The fourth-order valence-corrected chi connectivity index (χ4v) is 3.83. The number of halogens is 5. The number of aromatic nitrogens is 6. The summed E-state index contributed by atoms with van der Waals surface area (Å²) >= 11 is 12.2. The molecule has 0 spiro atoms. The monoisotopic (exact) mass is 500 g/mol. The molecular weight excluding hydrogens is 488 g/mol. The van der Waals surface area contributed by atoms with E-state index in [0.29, 0.717) is 44.1 Å². The van der Waals surface area contributed by atoms with Crippen molar-refractivity contribution in [3.63, 3.8) is 0 Å². The van der Waals surface area contributed by atoms with Gasteiger partial charge in [0.15, 0.2) is 5.82 Å². The van der Waals surface area contributed by atoms with E-state index in [1.807, 2.05) is 0 Å². The zero-order valence-corrected chi connectivity index (χ0v) is 18.6. The van der Waals surface area contributed by atoms with Crippen molar-refractivity contribution in [2.24, 2.45) is 0 Å². The minimum absolute atomic E-state index is 0.352.